The number of rotatable bonds is 5. The first-order valence-corrected chi connectivity index (χ1v) is 7.52. The molecule has 2 fully saturated rings. The van der Waals surface area contributed by atoms with Crippen molar-refractivity contribution in [2.45, 2.75) is 31.5 Å². The van der Waals surface area contributed by atoms with Gasteiger partial charge in [0, 0.05) is 12.5 Å². The molecule has 2 heterocycles. The van der Waals surface area contributed by atoms with E-state index < -0.39 is 6.10 Å². The molecule has 1 aromatic carbocycles. The summed E-state index contributed by atoms with van der Waals surface area (Å²) in [6.45, 7) is 2.00. The van der Waals surface area contributed by atoms with E-state index in [0.29, 0.717) is 19.1 Å². The van der Waals surface area contributed by atoms with Crippen molar-refractivity contribution in [3.63, 3.8) is 0 Å². The Kier molecular flexibility index (Phi) is 4.85. The van der Waals surface area contributed by atoms with Crippen molar-refractivity contribution in [1.82, 2.24) is 5.48 Å². The second-order valence-electron chi connectivity index (χ2n) is 5.61. The SMILES string of the molecule is O=C(NOCC1CCOC1)[C@H]1CC[C@@H](c2ccccc2)O1. The lowest BCUT2D eigenvalue weighted by molar-refractivity contribution is -0.146. The second-order valence-corrected chi connectivity index (χ2v) is 5.61. The van der Waals surface area contributed by atoms with Gasteiger partial charge < -0.3 is 9.47 Å². The van der Waals surface area contributed by atoms with E-state index in [1.165, 1.54) is 0 Å². The number of amides is 1. The fourth-order valence-electron chi connectivity index (χ4n) is 2.75. The highest BCUT2D eigenvalue weighted by Gasteiger charge is 2.31. The number of hydrogen-bond acceptors (Lipinski definition) is 4. The lowest BCUT2D eigenvalue weighted by Crippen LogP contribution is -2.35. The van der Waals surface area contributed by atoms with Gasteiger partial charge in [0.1, 0.15) is 6.10 Å². The monoisotopic (exact) mass is 291 g/mol. The van der Waals surface area contributed by atoms with Gasteiger partial charge in [-0.2, -0.15) is 0 Å². The maximum Gasteiger partial charge on any atom is 0.272 e. The summed E-state index contributed by atoms with van der Waals surface area (Å²) in [5, 5.41) is 0. The molecule has 0 radical (unpaired) electrons. The zero-order valence-corrected chi connectivity index (χ0v) is 12.0. The lowest BCUT2D eigenvalue weighted by atomic mass is 10.1. The molecule has 0 saturated carbocycles. The molecule has 1 amide bonds. The lowest BCUT2D eigenvalue weighted by Gasteiger charge is -2.15. The van der Waals surface area contributed by atoms with Crippen LogP contribution in [0.2, 0.25) is 0 Å². The van der Waals surface area contributed by atoms with E-state index in [2.05, 4.69) is 5.48 Å². The van der Waals surface area contributed by atoms with Crippen molar-refractivity contribution in [3.05, 3.63) is 35.9 Å². The van der Waals surface area contributed by atoms with E-state index in [1.54, 1.807) is 0 Å². The van der Waals surface area contributed by atoms with Crippen LogP contribution < -0.4 is 5.48 Å². The summed E-state index contributed by atoms with van der Waals surface area (Å²) in [6, 6.07) is 10.0. The van der Waals surface area contributed by atoms with E-state index in [-0.39, 0.29) is 12.0 Å². The summed E-state index contributed by atoms with van der Waals surface area (Å²) in [5.74, 6) is 0.194. The maximum absolute atomic E-state index is 12.0. The number of hydrogen-bond donors (Lipinski definition) is 1. The fourth-order valence-corrected chi connectivity index (χ4v) is 2.75. The smallest absolute Gasteiger partial charge is 0.272 e. The summed E-state index contributed by atoms with van der Waals surface area (Å²) in [5.41, 5.74) is 3.63. The van der Waals surface area contributed by atoms with Crippen LogP contribution in [0.5, 0.6) is 0 Å². The topological polar surface area (TPSA) is 56.8 Å². The zero-order valence-electron chi connectivity index (χ0n) is 12.0. The molecular weight excluding hydrogens is 270 g/mol. The number of ether oxygens (including phenoxy) is 2. The normalized spacial score (nSPS) is 28.7. The average molecular weight is 291 g/mol. The van der Waals surface area contributed by atoms with E-state index in [0.717, 1.165) is 31.4 Å². The standard InChI is InChI=1S/C16H21NO4/c18-16(17-20-11-12-8-9-19-10-12)15-7-6-14(21-15)13-4-2-1-3-5-13/h1-5,12,14-15H,6-11H2,(H,17,18)/t12?,14-,15+/m0/s1. The average Bonchev–Trinajstić information content (AvgIpc) is 3.20. The van der Waals surface area contributed by atoms with E-state index in [4.69, 9.17) is 14.3 Å². The van der Waals surface area contributed by atoms with Crippen LogP contribution in [0, 0.1) is 5.92 Å². The fraction of sp³-hybridized carbons (Fsp3) is 0.562. The Hall–Kier alpha value is -1.43. The van der Waals surface area contributed by atoms with E-state index >= 15 is 0 Å². The zero-order chi connectivity index (χ0) is 14.5. The van der Waals surface area contributed by atoms with E-state index in [9.17, 15) is 4.79 Å². The van der Waals surface area contributed by atoms with Crippen molar-refractivity contribution in [1.29, 1.82) is 0 Å². The molecule has 114 valence electrons. The Morgan fingerprint density at radius 1 is 1.24 bits per heavy atom. The molecule has 2 saturated heterocycles. The third-order valence-electron chi connectivity index (χ3n) is 4.00. The Balaban J connectivity index is 1.41. The first kappa shape index (κ1) is 14.5. The molecule has 0 bridgehead atoms. The van der Waals surface area contributed by atoms with Crippen LogP contribution in [-0.4, -0.2) is 31.8 Å². The molecule has 0 spiro atoms. The first-order chi connectivity index (χ1) is 10.3. The number of benzene rings is 1. The van der Waals surface area contributed by atoms with Crippen molar-refractivity contribution < 1.29 is 19.1 Å². The Morgan fingerprint density at radius 3 is 2.86 bits per heavy atom. The summed E-state index contributed by atoms with van der Waals surface area (Å²) in [4.78, 5) is 17.3. The van der Waals surface area contributed by atoms with Gasteiger partial charge in [0.25, 0.3) is 5.91 Å². The van der Waals surface area contributed by atoms with Crippen LogP contribution in [0.15, 0.2) is 30.3 Å². The second kappa shape index (κ2) is 7.02. The largest absolute Gasteiger partial charge is 0.381 e. The minimum absolute atomic E-state index is 0.00480. The van der Waals surface area contributed by atoms with Crippen molar-refractivity contribution >= 4 is 5.91 Å². The third kappa shape index (κ3) is 3.81. The van der Waals surface area contributed by atoms with Gasteiger partial charge in [0.05, 0.1) is 19.3 Å². The van der Waals surface area contributed by atoms with Gasteiger partial charge in [-0.15, -0.1) is 0 Å². The molecule has 5 heteroatoms. The Labute approximate surface area is 124 Å². The highest BCUT2D eigenvalue weighted by Crippen LogP contribution is 2.32. The Bertz CT molecular complexity index is 459. The summed E-state index contributed by atoms with van der Waals surface area (Å²) in [6.07, 6.45) is 2.16. The first-order valence-electron chi connectivity index (χ1n) is 7.52. The molecule has 5 nitrogen and oxygen atoms in total. The maximum atomic E-state index is 12.0. The van der Waals surface area contributed by atoms with Gasteiger partial charge in [0.15, 0.2) is 0 Å². The predicted molar refractivity (Wildman–Crippen MR) is 76.3 cm³/mol. The van der Waals surface area contributed by atoms with Crippen LogP contribution in [0.3, 0.4) is 0 Å². The van der Waals surface area contributed by atoms with Gasteiger partial charge in [0.2, 0.25) is 0 Å². The summed E-state index contributed by atoms with van der Waals surface area (Å²) >= 11 is 0. The molecule has 21 heavy (non-hydrogen) atoms. The molecule has 3 rings (SSSR count). The van der Waals surface area contributed by atoms with Gasteiger partial charge >= 0.3 is 0 Å². The highest BCUT2D eigenvalue weighted by molar-refractivity contribution is 5.80. The van der Waals surface area contributed by atoms with Crippen molar-refractivity contribution in [2.24, 2.45) is 5.92 Å². The minimum atomic E-state index is -0.421. The molecule has 2 aliphatic heterocycles. The van der Waals surface area contributed by atoms with Gasteiger partial charge in [-0.05, 0) is 24.8 Å². The number of carbonyl (C=O) groups is 1. The molecule has 0 aromatic heterocycles. The van der Waals surface area contributed by atoms with Gasteiger partial charge in [-0.25, -0.2) is 5.48 Å². The summed E-state index contributed by atoms with van der Waals surface area (Å²) in [7, 11) is 0. The molecule has 0 aliphatic carbocycles. The third-order valence-corrected chi connectivity index (χ3v) is 4.00. The molecule has 1 N–H and O–H groups in total. The van der Waals surface area contributed by atoms with Crippen LogP contribution in [0.1, 0.15) is 30.9 Å². The van der Waals surface area contributed by atoms with Gasteiger partial charge in [-0.3, -0.25) is 9.63 Å². The van der Waals surface area contributed by atoms with Crippen LogP contribution >= 0.6 is 0 Å². The van der Waals surface area contributed by atoms with Crippen LogP contribution in [-0.2, 0) is 19.1 Å². The van der Waals surface area contributed by atoms with Crippen LogP contribution in [0.25, 0.3) is 0 Å². The quantitative estimate of drug-likeness (QED) is 0.843. The molecule has 3 atom stereocenters. The molecule has 1 unspecified atom stereocenters. The van der Waals surface area contributed by atoms with Gasteiger partial charge in [-0.1, -0.05) is 30.3 Å². The molecule has 1 aromatic rings. The van der Waals surface area contributed by atoms with Crippen molar-refractivity contribution in [2.75, 3.05) is 19.8 Å². The number of carbonyl (C=O) groups excluding carboxylic acids is 1. The van der Waals surface area contributed by atoms with E-state index in [1.807, 2.05) is 30.3 Å². The predicted octanol–water partition coefficient (Wildman–Crippen LogP) is 1.99. The molecular formula is C16H21NO4. The number of hydroxylamine groups is 1. The minimum Gasteiger partial charge on any atom is -0.381 e. The number of nitrogens with one attached hydrogen (secondary N) is 1. The highest BCUT2D eigenvalue weighted by atomic mass is 16.7. The van der Waals surface area contributed by atoms with Crippen molar-refractivity contribution in [3.8, 4) is 0 Å². The Morgan fingerprint density at radius 2 is 2.10 bits per heavy atom. The summed E-state index contributed by atoms with van der Waals surface area (Å²) < 4.78 is 11.1. The van der Waals surface area contributed by atoms with Crippen LogP contribution in [0.4, 0.5) is 0 Å². The molecule has 2 aliphatic rings.